The number of aryl methyl sites for hydroxylation is 2. The Kier molecular flexibility index (Phi) is 4.58. The Bertz CT molecular complexity index is 435. The molecule has 1 aromatic rings. The number of carbonyl (C=O) groups excluding carboxylic acids is 1. The third-order valence-corrected chi connectivity index (χ3v) is 3.82. The lowest BCUT2D eigenvalue weighted by Gasteiger charge is -2.28. The molecule has 2 rings (SSSR count). The summed E-state index contributed by atoms with van der Waals surface area (Å²) in [4.78, 5) is 14.7. The van der Waals surface area contributed by atoms with Gasteiger partial charge in [0, 0.05) is 25.7 Å². The topological polar surface area (TPSA) is 64.2 Å². The number of rotatable bonds is 5. The summed E-state index contributed by atoms with van der Waals surface area (Å²) in [5.41, 5.74) is 7.26. The van der Waals surface area contributed by atoms with Gasteiger partial charge < -0.3 is 10.6 Å². The number of nitrogens with two attached hydrogens (primary N) is 1. The van der Waals surface area contributed by atoms with Crippen molar-refractivity contribution in [1.82, 2.24) is 14.7 Å². The van der Waals surface area contributed by atoms with Crippen LogP contribution in [0.3, 0.4) is 0 Å². The zero-order chi connectivity index (χ0) is 13.8. The molecular weight excluding hydrogens is 240 g/mol. The number of carbonyl (C=O) groups is 1. The first kappa shape index (κ1) is 14.1. The van der Waals surface area contributed by atoms with E-state index in [9.17, 15) is 4.79 Å². The number of hydrogen-bond acceptors (Lipinski definition) is 3. The Morgan fingerprint density at radius 3 is 2.79 bits per heavy atom. The molecule has 0 saturated heterocycles. The van der Waals surface area contributed by atoms with E-state index in [4.69, 9.17) is 5.73 Å². The van der Waals surface area contributed by atoms with Crippen molar-refractivity contribution in [2.75, 3.05) is 13.1 Å². The van der Waals surface area contributed by atoms with Gasteiger partial charge in [0.15, 0.2) is 0 Å². The van der Waals surface area contributed by atoms with Gasteiger partial charge in [-0.05, 0) is 32.8 Å². The SMILES string of the molecule is CCn1nc(C)cc1C(=O)N(CCN)C1CCCC1. The van der Waals surface area contributed by atoms with Crippen LogP contribution < -0.4 is 5.73 Å². The Morgan fingerprint density at radius 2 is 2.21 bits per heavy atom. The highest BCUT2D eigenvalue weighted by Gasteiger charge is 2.28. The Morgan fingerprint density at radius 1 is 1.53 bits per heavy atom. The maximum atomic E-state index is 12.7. The molecule has 1 amide bonds. The minimum Gasteiger partial charge on any atom is -0.333 e. The number of nitrogens with zero attached hydrogens (tertiary/aromatic N) is 3. The normalized spacial score (nSPS) is 15.9. The highest BCUT2D eigenvalue weighted by atomic mass is 16.2. The van der Waals surface area contributed by atoms with Crippen LogP contribution in [-0.4, -0.2) is 39.7 Å². The molecule has 1 saturated carbocycles. The van der Waals surface area contributed by atoms with Crippen molar-refractivity contribution in [3.8, 4) is 0 Å². The van der Waals surface area contributed by atoms with Gasteiger partial charge in [-0.2, -0.15) is 5.10 Å². The second kappa shape index (κ2) is 6.19. The molecule has 0 radical (unpaired) electrons. The molecular formula is C14H24N4O. The molecule has 1 aromatic heterocycles. The zero-order valence-electron chi connectivity index (χ0n) is 11.9. The van der Waals surface area contributed by atoms with E-state index in [1.807, 2.05) is 24.8 Å². The second-order valence-corrected chi connectivity index (χ2v) is 5.21. The van der Waals surface area contributed by atoms with Crippen LogP contribution in [0.1, 0.15) is 48.8 Å². The maximum absolute atomic E-state index is 12.7. The van der Waals surface area contributed by atoms with E-state index >= 15 is 0 Å². The average Bonchev–Trinajstić information content (AvgIpc) is 3.04. The van der Waals surface area contributed by atoms with Gasteiger partial charge in [-0.1, -0.05) is 12.8 Å². The standard InChI is InChI=1S/C14H24N4O/c1-3-18-13(10-11(2)16-18)14(19)17(9-8-15)12-6-4-5-7-12/h10,12H,3-9,15H2,1-2H3. The van der Waals surface area contributed by atoms with Crippen LogP contribution in [0, 0.1) is 6.92 Å². The van der Waals surface area contributed by atoms with Gasteiger partial charge in [0.05, 0.1) is 5.69 Å². The Labute approximate surface area is 114 Å². The van der Waals surface area contributed by atoms with Crippen molar-refractivity contribution in [3.05, 3.63) is 17.5 Å². The van der Waals surface area contributed by atoms with E-state index in [1.165, 1.54) is 12.8 Å². The van der Waals surface area contributed by atoms with Gasteiger partial charge in [-0.3, -0.25) is 9.48 Å². The fourth-order valence-corrected chi connectivity index (χ4v) is 2.91. The lowest BCUT2D eigenvalue weighted by molar-refractivity contribution is 0.0675. The van der Waals surface area contributed by atoms with Gasteiger partial charge in [0.1, 0.15) is 5.69 Å². The molecule has 1 aliphatic rings. The van der Waals surface area contributed by atoms with Gasteiger partial charge in [0.2, 0.25) is 0 Å². The molecule has 5 heteroatoms. The second-order valence-electron chi connectivity index (χ2n) is 5.21. The Balaban J connectivity index is 2.22. The summed E-state index contributed by atoms with van der Waals surface area (Å²) in [6, 6.07) is 2.24. The average molecular weight is 264 g/mol. The number of amides is 1. The molecule has 1 aliphatic carbocycles. The highest BCUT2D eigenvalue weighted by molar-refractivity contribution is 5.93. The molecule has 2 N–H and O–H groups in total. The van der Waals surface area contributed by atoms with Crippen molar-refractivity contribution in [3.63, 3.8) is 0 Å². The maximum Gasteiger partial charge on any atom is 0.272 e. The lowest BCUT2D eigenvalue weighted by atomic mass is 10.2. The molecule has 0 bridgehead atoms. The van der Waals surface area contributed by atoms with E-state index < -0.39 is 0 Å². The molecule has 106 valence electrons. The van der Waals surface area contributed by atoms with Crippen LogP contribution >= 0.6 is 0 Å². The molecule has 0 unspecified atom stereocenters. The molecule has 0 spiro atoms. The summed E-state index contributed by atoms with van der Waals surface area (Å²) in [5.74, 6) is 0.0831. The fourth-order valence-electron chi connectivity index (χ4n) is 2.91. The molecule has 5 nitrogen and oxygen atoms in total. The first-order chi connectivity index (χ1) is 9.17. The largest absolute Gasteiger partial charge is 0.333 e. The van der Waals surface area contributed by atoms with Gasteiger partial charge >= 0.3 is 0 Å². The first-order valence-electron chi connectivity index (χ1n) is 7.22. The Hall–Kier alpha value is -1.36. The molecule has 1 heterocycles. The predicted octanol–water partition coefficient (Wildman–Crippen LogP) is 1.55. The predicted molar refractivity (Wildman–Crippen MR) is 75.0 cm³/mol. The fraction of sp³-hybridized carbons (Fsp3) is 0.714. The van der Waals surface area contributed by atoms with Gasteiger partial charge in [0.25, 0.3) is 5.91 Å². The monoisotopic (exact) mass is 264 g/mol. The van der Waals surface area contributed by atoms with E-state index in [0.717, 1.165) is 25.1 Å². The summed E-state index contributed by atoms with van der Waals surface area (Å²) in [6.45, 7) is 5.80. The van der Waals surface area contributed by atoms with Crippen molar-refractivity contribution in [1.29, 1.82) is 0 Å². The van der Waals surface area contributed by atoms with Gasteiger partial charge in [-0.15, -0.1) is 0 Å². The van der Waals surface area contributed by atoms with Crippen molar-refractivity contribution in [2.45, 2.75) is 52.1 Å². The van der Waals surface area contributed by atoms with E-state index in [2.05, 4.69) is 5.10 Å². The first-order valence-corrected chi connectivity index (χ1v) is 7.22. The smallest absolute Gasteiger partial charge is 0.272 e. The molecule has 0 atom stereocenters. The van der Waals surface area contributed by atoms with Crippen LogP contribution in [-0.2, 0) is 6.54 Å². The van der Waals surface area contributed by atoms with Crippen LogP contribution in [0.2, 0.25) is 0 Å². The number of aromatic nitrogens is 2. The summed E-state index contributed by atoms with van der Waals surface area (Å²) >= 11 is 0. The van der Waals surface area contributed by atoms with Crippen LogP contribution in [0.5, 0.6) is 0 Å². The van der Waals surface area contributed by atoms with Crippen LogP contribution in [0.25, 0.3) is 0 Å². The van der Waals surface area contributed by atoms with E-state index in [0.29, 0.717) is 24.8 Å². The minimum atomic E-state index is 0.0831. The summed E-state index contributed by atoms with van der Waals surface area (Å²) in [7, 11) is 0. The van der Waals surface area contributed by atoms with Crippen LogP contribution in [0.4, 0.5) is 0 Å². The summed E-state index contributed by atoms with van der Waals surface area (Å²) in [5, 5.41) is 4.36. The summed E-state index contributed by atoms with van der Waals surface area (Å²) < 4.78 is 1.79. The van der Waals surface area contributed by atoms with E-state index in [1.54, 1.807) is 4.68 Å². The van der Waals surface area contributed by atoms with Crippen LogP contribution in [0.15, 0.2) is 6.07 Å². The molecule has 0 aliphatic heterocycles. The third kappa shape index (κ3) is 2.97. The molecule has 0 aromatic carbocycles. The van der Waals surface area contributed by atoms with Crippen molar-refractivity contribution >= 4 is 5.91 Å². The van der Waals surface area contributed by atoms with Crippen molar-refractivity contribution < 1.29 is 4.79 Å². The van der Waals surface area contributed by atoms with Crippen molar-refractivity contribution in [2.24, 2.45) is 5.73 Å². The third-order valence-electron chi connectivity index (χ3n) is 3.82. The van der Waals surface area contributed by atoms with Gasteiger partial charge in [-0.25, -0.2) is 0 Å². The molecule has 1 fully saturated rings. The summed E-state index contributed by atoms with van der Waals surface area (Å²) in [6.07, 6.45) is 4.63. The minimum absolute atomic E-state index is 0.0831. The number of hydrogen-bond donors (Lipinski definition) is 1. The van der Waals surface area contributed by atoms with E-state index in [-0.39, 0.29) is 5.91 Å². The lowest BCUT2D eigenvalue weighted by Crippen LogP contribution is -2.42. The highest BCUT2D eigenvalue weighted by Crippen LogP contribution is 2.24. The quantitative estimate of drug-likeness (QED) is 0.877. The zero-order valence-corrected chi connectivity index (χ0v) is 11.9. The molecule has 19 heavy (non-hydrogen) atoms.